The third-order valence-corrected chi connectivity index (χ3v) is 1.38. The molecular weight excluding hydrogens is 167 g/mol. The monoisotopic (exact) mass is 178 g/mol. The van der Waals surface area contributed by atoms with E-state index in [9.17, 15) is 4.39 Å². The lowest BCUT2D eigenvalue weighted by Gasteiger charge is -1.96. The van der Waals surface area contributed by atoms with Gasteiger partial charge in [0.25, 0.3) is 0 Å². The predicted octanol–water partition coefficient (Wildman–Crippen LogP) is 2.36. The van der Waals surface area contributed by atoms with Crippen LogP contribution in [0.3, 0.4) is 0 Å². The molecule has 2 nitrogen and oxygen atoms in total. The zero-order chi connectivity index (χ0) is 7.56. The normalized spacial score (nSPS) is 9.82. The first-order valence-corrected chi connectivity index (χ1v) is 3.33. The van der Waals surface area contributed by atoms with Gasteiger partial charge in [0.15, 0.2) is 6.80 Å². The third-order valence-electron chi connectivity index (χ3n) is 1.38. The van der Waals surface area contributed by atoms with Crippen LogP contribution < -0.4 is 0 Å². The summed E-state index contributed by atoms with van der Waals surface area (Å²) in [4.78, 5) is 0. The van der Waals surface area contributed by atoms with Gasteiger partial charge in [-0.2, -0.15) is 5.10 Å². The van der Waals surface area contributed by atoms with E-state index < -0.39 is 6.80 Å². The number of aromatic nitrogens is 2. The van der Waals surface area contributed by atoms with E-state index in [1.165, 1.54) is 4.68 Å². The van der Waals surface area contributed by atoms with Crippen molar-refractivity contribution in [3.05, 3.63) is 18.0 Å². The van der Waals surface area contributed by atoms with Crippen LogP contribution in [0.25, 0.3) is 0 Å². The molecule has 0 aromatic carbocycles. The Hall–Kier alpha value is -0.570. The zero-order valence-electron chi connectivity index (χ0n) is 6.62. The molecule has 1 aromatic heterocycles. The Balaban J connectivity index is 0.000001000. The fraction of sp³-hybridized carbons (Fsp3) is 0.571. The highest BCUT2D eigenvalue weighted by Gasteiger charge is 2.01. The second-order valence-corrected chi connectivity index (χ2v) is 2.55. The van der Waals surface area contributed by atoms with E-state index in [1.54, 1.807) is 6.20 Å². The lowest BCUT2D eigenvalue weighted by molar-refractivity contribution is 0.347. The van der Waals surface area contributed by atoms with Crippen molar-refractivity contribution < 1.29 is 4.39 Å². The number of hydrogen-bond donors (Lipinski definition) is 0. The van der Waals surface area contributed by atoms with Crippen LogP contribution in [0.1, 0.15) is 25.5 Å². The molecule has 0 aliphatic rings. The Morgan fingerprint density at radius 2 is 2.27 bits per heavy atom. The number of hydrogen-bond acceptors (Lipinski definition) is 1. The zero-order valence-corrected chi connectivity index (χ0v) is 7.44. The van der Waals surface area contributed by atoms with Crippen LogP contribution in [0.4, 0.5) is 4.39 Å². The molecule has 1 aromatic rings. The third kappa shape index (κ3) is 2.50. The van der Waals surface area contributed by atoms with Gasteiger partial charge in [0.1, 0.15) is 0 Å². The van der Waals surface area contributed by atoms with E-state index in [-0.39, 0.29) is 12.4 Å². The smallest absolute Gasteiger partial charge is 0.181 e. The number of halogens is 2. The van der Waals surface area contributed by atoms with Crippen LogP contribution in [-0.4, -0.2) is 9.78 Å². The standard InChI is InChI=1S/C7H11FN2.ClH/c1-6(2)7-3-4-10(5-8)9-7;/h3-4,6H,5H2,1-2H3;1H. The van der Waals surface area contributed by atoms with Crippen molar-refractivity contribution in [2.24, 2.45) is 0 Å². The van der Waals surface area contributed by atoms with Gasteiger partial charge in [0.2, 0.25) is 0 Å². The van der Waals surface area contributed by atoms with E-state index in [1.807, 2.05) is 19.9 Å². The molecule has 1 heterocycles. The van der Waals surface area contributed by atoms with Gasteiger partial charge in [-0.1, -0.05) is 13.8 Å². The predicted molar refractivity (Wildman–Crippen MR) is 44.7 cm³/mol. The van der Waals surface area contributed by atoms with Crippen LogP contribution in [0.5, 0.6) is 0 Å². The lowest BCUT2D eigenvalue weighted by atomic mass is 10.1. The average Bonchev–Trinajstić information content (AvgIpc) is 2.34. The molecule has 0 fully saturated rings. The lowest BCUT2D eigenvalue weighted by Crippen LogP contribution is -1.95. The van der Waals surface area contributed by atoms with Crippen molar-refractivity contribution >= 4 is 12.4 Å². The minimum atomic E-state index is -0.535. The fourth-order valence-corrected chi connectivity index (χ4v) is 0.752. The van der Waals surface area contributed by atoms with E-state index in [0.29, 0.717) is 5.92 Å². The van der Waals surface area contributed by atoms with Gasteiger partial charge in [-0.25, -0.2) is 9.07 Å². The summed E-state index contributed by atoms with van der Waals surface area (Å²) in [7, 11) is 0. The maximum Gasteiger partial charge on any atom is 0.181 e. The highest BCUT2D eigenvalue weighted by Crippen LogP contribution is 2.09. The highest BCUT2D eigenvalue weighted by molar-refractivity contribution is 5.85. The molecule has 0 atom stereocenters. The first kappa shape index (κ1) is 10.4. The molecule has 0 saturated carbocycles. The van der Waals surface area contributed by atoms with Gasteiger partial charge in [-0.05, 0) is 12.0 Å². The van der Waals surface area contributed by atoms with Crippen LogP contribution in [0, 0.1) is 0 Å². The molecular formula is C7H12ClFN2. The summed E-state index contributed by atoms with van der Waals surface area (Å²) >= 11 is 0. The van der Waals surface area contributed by atoms with Crippen LogP contribution in [-0.2, 0) is 6.80 Å². The van der Waals surface area contributed by atoms with Gasteiger partial charge < -0.3 is 0 Å². The van der Waals surface area contributed by atoms with Crippen molar-refractivity contribution in [1.82, 2.24) is 9.78 Å². The summed E-state index contributed by atoms with van der Waals surface area (Å²) in [6.07, 6.45) is 1.65. The Morgan fingerprint density at radius 1 is 1.64 bits per heavy atom. The SMILES string of the molecule is CC(C)c1ccn(CF)n1.Cl. The Kier molecular flexibility index (Phi) is 4.11. The molecule has 0 amide bonds. The summed E-state index contributed by atoms with van der Waals surface area (Å²) in [6.45, 7) is 3.53. The molecule has 0 spiro atoms. The maximum absolute atomic E-state index is 11.9. The first-order chi connectivity index (χ1) is 4.74. The van der Waals surface area contributed by atoms with Crippen LogP contribution in [0.2, 0.25) is 0 Å². The van der Waals surface area contributed by atoms with Gasteiger partial charge in [-0.15, -0.1) is 12.4 Å². The molecule has 0 bridgehead atoms. The second kappa shape index (κ2) is 4.34. The first-order valence-electron chi connectivity index (χ1n) is 3.33. The molecule has 0 aliphatic heterocycles. The van der Waals surface area contributed by atoms with Crippen LogP contribution >= 0.6 is 12.4 Å². The van der Waals surface area contributed by atoms with Crippen molar-refractivity contribution in [3.8, 4) is 0 Å². The fourth-order valence-electron chi connectivity index (χ4n) is 0.752. The van der Waals surface area contributed by atoms with Gasteiger partial charge >= 0.3 is 0 Å². The molecule has 0 N–H and O–H groups in total. The average molecular weight is 179 g/mol. The summed E-state index contributed by atoms with van der Waals surface area (Å²) in [5.41, 5.74) is 0.942. The number of alkyl halides is 1. The maximum atomic E-state index is 11.9. The largest absolute Gasteiger partial charge is 0.242 e. The van der Waals surface area contributed by atoms with Crippen molar-refractivity contribution in [2.45, 2.75) is 26.6 Å². The van der Waals surface area contributed by atoms with E-state index >= 15 is 0 Å². The van der Waals surface area contributed by atoms with Crippen molar-refractivity contribution in [3.63, 3.8) is 0 Å². The Labute approximate surface area is 71.8 Å². The molecule has 1 rings (SSSR count). The topological polar surface area (TPSA) is 17.8 Å². The molecule has 4 heteroatoms. The van der Waals surface area contributed by atoms with Crippen molar-refractivity contribution in [2.75, 3.05) is 0 Å². The van der Waals surface area contributed by atoms with Gasteiger partial charge in [0.05, 0.1) is 5.69 Å². The molecule has 0 saturated heterocycles. The number of rotatable bonds is 2. The summed E-state index contributed by atoms with van der Waals surface area (Å²) < 4.78 is 13.2. The Bertz CT molecular complexity index is 210. The Morgan fingerprint density at radius 3 is 2.55 bits per heavy atom. The quantitative estimate of drug-likeness (QED) is 0.680. The van der Waals surface area contributed by atoms with Crippen LogP contribution in [0.15, 0.2) is 12.3 Å². The molecule has 0 radical (unpaired) electrons. The van der Waals surface area contributed by atoms with E-state index in [4.69, 9.17) is 0 Å². The van der Waals surface area contributed by atoms with Crippen molar-refractivity contribution in [1.29, 1.82) is 0 Å². The molecule has 64 valence electrons. The minimum absolute atomic E-state index is 0. The number of nitrogens with zero attached hydrogens (tertiary/aromatic N) is 2. The molecule has 11 heavy (non-hydrogen) atoms. The van der Waals surface area contributed by atoms with E-state index in [0.717, 1.165) is 5.69 Å². The summed E-state index contributed by atoms with van der Waals surface area (Å²) in [5.74, 6) is 0.382. The van der Waals surface area contributed by atoms with E-state index in [2.05, 4.69) is 5.10 Å². The summed E-state index contributed by atoms with van der Waals surface area (Å²) in [5, 5.41) is 3.97. The molecule has 0 unspecified atom stereocenters. The van der Waals surface area contributed by atoms with Gasteiger partial charge in [-0.3, -0.25) is 0 Å². The van der Waals surface area contributed by atoms with Gasteiger partial charge in [0, 0.05) is 6.20 Å². The molecule has 0 aliphatic carbocycles. The second-order valence-electron chi connectivity index (χ2n) is 2.55. The highest BCUT2D eigenvalue weighted by atomic mass is 35.5. The minimum Gasteiger partial charge on any atom is -0.242 e. The summed E-state index contributed by atoms with van der Waals surface area (Å²) in [6, 6.07) is 1.84.